The van der Waals surface area contributed by atoms with Gasteiger partial charge in [0.2, 0.25) is 5.91 Å². The molecule has 2 rings (SSSR count). The van der Waals surface area contributed by atoms with Crippen LogP contribution in [-0.2, 0) is 4.79 Å². The molecule has 2 N–H and O–H groups in total. The van der Waals surface area contributed by atoms with Gasteiger partial charge in [0.05, 0.1) is 6.04 Å². The average Bonchev–Trinajstić information content (AvgIpc) is 2.87. The summed E-state index contributed by atoms with van der Waals surface area (Å²) in [6.07, 6.45) is 1.76. The molecule has 1 aliphatic rings. The number of nitrogens with zero attached hydrogens (tertiary/aromatic N) is 1. The number of hydrogen-bond acceptors (Lipinski definition) is 2. The molecular formula is C14H20N2O. The summed E-state index contributed by atoms with van der Waals surface area (Å²) in [4.78, 5) is 13.9. The van der Waals surface area contributed by atoms with Gasteiger partial charge in [0.15, 0.2) is 0 Å². The molecule has 1 aromatic carbocycles. The van der Waals surface area contributed by atoms with Crippen LogP contribution in [0.15, 0.2) is 30.3 Å². The largest absolute Gasteiger partial charge is 0.341 e. The number of carbonyl (C=O) groups is 1. The fourth-order valence-electron chi connectivity index (χ4n) is 2.37. The third kappa shape index (κ3) is 2.67. The van der Waals surface area contributed by atoms with Crippen molar-refractivity contribution in [1.29, 1.82) is 0 Å². The highest BCUT2D eigenvalue weighted by Gasteiger charge is 2.29. The first-order valence-electron chi connectivity index (χ1n) is 6.31. The van der Waals surface area contributed by atoms with E-state index >= 15 is 0 Å². The second kappa shape index (κ2) is 5.32. The molecule has 0 aromatic heterocycles. The lowest BCUT2D eigenvalue weighted by Gasteiger charge is -2.20. The fraction of sp³-hybridized carbons (Fsp3) is 0.500. The molecular weight excluding hydrogens is 212 g/mol. The van der Waals surface area contributed by atoms with Crippen molar-refractivity contribution in [3.05, 3.63) is 35.9 Å². The monoisotopic (exact) mass is 232 g/mol. The number of carbonyl (C=O) groups excluding carboxylic acids is 1. The van der Waals surface area contributed by atoms with Crippen LogP contribution in [0.1, 0.15) is 31.2 Å². The third-order valence-electron chi connectivity index (χ3n) is 3.53. The van der Waals surface area contributed by atoms with Crippen molar-refractivity contribution in [3.63, 3.8) is 0 Å². The lowest BCUT2D eigenvalue weighted by atomic mass is 9.99. The molecule has 1 saturated heterocycles. The highest BCUT2D eigenvalue weighted by atomic mass is 16.2. The van der Waals surface area contributed by atoms with E-state index in [0.717, 1.165) is 19.5 Å². The van der Waals surface area contributed by atoms with Gasteiger partial charge < -0.3 is 10.6 Å². The Balaban J connectivity index is 1.98. The van der Waals surface area contributed by atoms with Gasteiger partial charge in [-0.1, -0.05) is 37.3 Å². The smallest absolute Gasteiger partial charge is 0.239 e. The van der Waals surface area contributed by atoms with E-state index < -0.39 is 0 Å². The molecule has 1 amide bonds. The average molecular weight is 232 g/mol. The van der Waals surface area contributed by atoms with Crippen LogP contribution in [-0.4, -0.2) is 29.9 Å². The molecule has 1 unspecified atom stereocenters. The fourth-order valence-corrected chi connectivity index (χ4v) is 2.37. The number of benzene rings is 1. The van der Waals surface area contributed by atoms with Gasteiger partial charge in [0.1, 0.15) is 0 Å². The maximum Gasteiger partial charge on any atom is 0.239 e. The van der Waals surface area contributed by atoms with Gasteiger partial charge in [0.25, 0.3) is 0 Å². The summed E-state index contributed by atoms with van der Waals surface area (Å²) in [5, 5.41) is 0. The summed E-state index contributed by atoms with van der Waals surface area (Å²) in [5.41, 5.74) is 7.12. The summed E-state index contributed by atoms with van der Waals surface area (Å²) >= 11 is 0. The van der Waals surface area contributed by atoms with E-state index in [2.05, 4.69) is 24.3 Å². The SMILES string of the molecule is CC[C@@H](N)C(=O)N1CCC(c2ccccc2)C1. The molecule has 0 spiro atoms. The van der Waals surface area contributed by atoms with Gasteiger partial charge in [-0.25, -0.2) is 0 Å². The molecule has 1 aliphatic heterocycles. The molecule has 1 aromatic rings. The van der Waals surface area contributed by atoms with Gasteiger partial charge in [-0.3, -0.25) is 4.79 Å². The number of rotatable bonds is 3. The van der Waals surface area contributed by atoms with Crippen LogP contribution >= 0.6 is 0 Å². The molecule has 0 radical (unpaired) electrons. The Bertz CT molecular complexity index is 377. The summed E-state index contributed by atoms with van der Waals surface area (Å²) in [6.45, 7) is 3.61. The van der Waals surface area contributed by atoms with E-state index in [4.69, 9.17) is 5.73 Å². The second-order valence-electron chi connectivity index (χ2n) is 4.70. The minimum Gasteiger partial charge on any atom is -0.341 e. The minimum atomic E-state index is -0.329. The molecule has 3 heteroatoms. The number of nitrogens with two attached hydrogens (primary N) is 1. The van der Waals surface area contributed by atoms with Crippen LogP contribution in [0.4, 0.5) is 0 Å². The molecule has 2 atom stereocenters. The Morgan fingerprint density at radius 2 is 2.18 bits per heavy atom. The van der Waals surface area contributed by atoms with Crippen LogP contribution in [0.5, 0.6) is 0 Å². The third-order valence-corrected chi connectivity index (χ3v) is 3.53. The van der Waals surface area contributed by atoms with Gasteiger partial charge in [-0.05, 0) is 18.4 Å². The maximum atomic E-state index is 12.0. The van der Waals surface area contributed by atoms with Crippen LogP contribution in [0.25, 0.3) is 0 Å². The Morgan fingerprint density at radius 1 is 1.47 bits per heavy atom. The van der Waals surface area contributed by atoms with Crippen molar-refractivity contribution < 1.29 is 4.79 Å². The van der Waals surface area contributed by atoms with Crippen LogP contribution in [0, 0.1) is 0 Å². The number of likely N-dealkylation sites (tertiary alicyclic amines) is 1. The van der Waals surface area contributed by atoms with E-state index in [1.165, 1.54) is 5.56 Å². The Labute approximate surface area is 103 Å². The first-order valence-corrected chi connectivity index (χ1v) is 6.31. The predicted molar refractivity (Wildman–Crippen MR) is 68.6 cm³/mol. The lowest BCUT2D eigenvalue weighted by Crippen LogP contribution is -2.42. The van der Waals surface area contributed by atoms with Crippen molar-refractivity contribution in [1.82, 2.24) is 4.90 Å². The van der Waals surface area contributed by atoms with Crippen molar-refractivity contribution in [2.24, 2.45) is 5.73 Å². The van der Waals surface area contributed by atoms with E-state index in [1.807, 2.05) is 17.9 Å². The first kappa shape index (κ1) is 12.1. The molecule has 92 valence electrons. The summed E-state index contributed by atoms with van der Waals surface area (Å²) < 4.78 is 0. The lowest BCUT2D eigenvalue weighted by molar-refractivity contribution is -0.131. The van der Waals surface area contributed by atoms with Crippen molar-refractivity contribution in [3.8, 4) is 0 Å². The maximum absolute atomic E-state index is 12.0. The van der Waals surface area contributed by atoms with Gasteiger partial charge in [-0.15, -0.1) is 0 Å². The van der Waals surface area contributed by atoms with Gasteiger partial charge in [0, 0.05) is 19.0 Å². The quantitative estimate of drug-likeness (QED) is 0.863. The Hall–Kier alpha value is -1.35. The van der Waals surface area contributed by atoms with Crippen LogP contribution in [0.3, 0.4) is 0 Å². The van der Waals surface area contributed by atoms with Crippen molar-refractivity contribution in [2.45, 2.75) is 31.7 Å². The normalized spacial score (nSPS) is 21.5. The highest BCUT2D eigenvalue weighted by Crippen LogP contribution is 2.27. The zero-order chi connectivity index (χ0) is 12.3. The summed E-state index contributed by atoms with van der Waals surface area (Å²) in [7, 11) is 0. The zero-order valence-electron chi connectivity index (χ0n) is 10.3. The van der Waals surface area contributed by atoms with Crippen LogP contribution < -0.4 is 5.73 Å². The van der Waals surface area contributed by atoms with E-state index in [-0.39, 0.29) is 11.9 Å². The topological polar surface area (TPSA) is 46.3 Å². The van der Waals surface area contributed by atoms with Crippen molar-refractivity contribution in [2.75, 3.05) is 13.1 Å². The molecule has 0 aliphatic carbocycles. The molecule has 1 heterocycles. The molecule has 17 heavy (non-hydrogen) atoms. The van der Waals surface area contributed by atoms with Gasteiger partial charge in [-0.2, -0.15) is 0 Å². The molecule has 1 fully saturated rings. The Morgan fingerprint density at radius 3 is 2.82 bits per heavy atom. The molecule has 0 bridgehead atoms. The van der Waals surface area contributed by atoms with E-state index in [0.29, 0.717) is 12.3 Å². The number of hydrogen-bond donors (Lipinski definition) is 1. The Kier molecular flexibility index (Phi) is 3.79. The molecule has 3 nitrogen and oxygen atoms in total. The van der Waals surface area contributed by atoms with Gasteiger partial charge >= 0.3 is 0 Å². The van der Waals surface area contributed by atoms with E-state index in [9.17, 15) is 4.79 Å². The highest BCUT2D eigenvalue weighted by molar-refractivity contribution is 5.81. The van der Waals surface area contributed by atoms with E-state index in [1.54, 1.807) is 0 Å². The first-order chi connectivity index (χ1) is 8.22. The van der Waals surface area contributed by atoms with Crippen molar-refractivity contribution >= 4 is 5.91 Å². The zero-order valence-corrected chi connectivity index (χ0v) is 10.3. The summed E-state index contributed by atoms with van der Waals surface area (Å²) in [5.74, 6) is 0.579. The predicted octanol–water partition coefficient (Wildman–Crippen LogP) is 1.74. The minimum absolute atomic E-state index is 0.103. The second-order valence-corrected chi connectivity index (χ2v) is 4.70. The van der Waals surface area contributed by atoms with Crippen LogP contribution in [0.2, 0.25) is 0 Å². The number of amides is 1. The standard InChI is InChI=1S/C14H20N2O/c1-2-13(15)14(17)16-9-8-12(10-16)11-6-4-3-5-7-11/h3-7,12-13H,2,8-10,15H2,1H3/t12?,13-/m1/s1. The molecule has 0 saturated carbocycles. The summed E-state index contributed by atoms with van der Waals surface area (Å²) in [6, 6.07) is 10.1.